The molecule has 0 spiro atoms. The first-order valence-corrected chi connectivity index (χ1v) is 9.40. The number of benzene rings is 1. The molecule has 0 aliphatic rings. The van der Waals surface area contributed by atoms with Crippen molar-refractivity contribution in [2.45, 2.75) is 10.8 Å². The smallest absolute Gasteiger partial charge is 0.252 e. The van der Waals surface area contributed by atoms with Gasteiger partial charge in [-0.25, -0.2) is 12.7 Å². The van der Waals surface area contributed by atoms with Crippen LogP contribution in [-0.2, 0) is 16.6 Å². The maximum Gasteiger partial charge on any atom is 0.252 e. The Labute approximate surface area is 142 Å². The Bertz CT molecular complexity index is 785. The zero-order valence-electron chi connectivity index (χ0n) is 12.0. The van der Waals surface area contributed by atoms with Crippen molar-refractivity contribution in [2.75, 3.05) is 14.1 Å². The minimum absolute atomic E-state index is 0.202. The summed E-state index contributed by atoms with van der Waals surface area (Å²) in [4.78, 5) is 12.8. The van der Waals surface area contributed by atoms with E-state index in [-0.39, 0.29) is 10.1 Å². The predicted molar refractivity (Wildman–Crippen MR) is 90.5 cm³/mol. The van der Waals surface area contributed by atoms with E-state index >= 15 is 0 Å². The summed E-state index contributed by atoms with van der Waals surface area (Å²) in [5, 5.41) is 2.78. The van der Waals surface area contributed by atoms with Gasteiger partial charge in [0.15, 0.2) is 0 Å². The monoisotopic (exact) mass is 402 g/mol. The highest BCUT2D eigenvalue weighted by Crippen LogP contribution is 2.23. The highest BCUT2D eigenvalue weighted by molar-refractivity contribution is 9.10. The Morgan fingerprint density at radius 3 is 2.64 bits per heavy atom. The van der Waals surface area contributed by atoms with E-state index in [0.717, 1.165) is 20.7 Å². The minimum Gasteiger partial charge on any atom is -0.347 e. The van der Waals surface area contributed by atoms with Gasteiger partial charge in [0.05, 0.1) is 6.54 Å². The van der Waals surface area contributed by atoms with Crippen LogP contribution in [0.5, 0.6) is 0 Å². The van der Waals surface area contributed by atoms with E-state index in [0.29, 0.717) is 12.1 Å². The lowest BCUT2D eigenvalue weighted by Crippen LogP contribution is -2.22. The highest BCUT2D eigenvalue weighted by atomic mass is 79.9. The fraction of sp³-hybridized carbons (Fsp3) is 0.214. The average molecular weight is 403 g/mol. The zero-order valence-corrected chi connectivity index (χ0v) is 15.3. The molecule has 1 N–H and O–H groups in total. The standard InChI is InChI=1S/C14H15BrN2O3S2/c1-17(2)22(19,20)13-7-6-12(21-13)9-16-14(18)10-4-3-5-11(15)8-10/h3-8H,9H2,1-2H3,(H,16,18). The van der Waals surface area contributed by atoms with Gasteiger partial charge >= 0.3 is 0 Å². The Balaban J connectivity index is 2.04. The molecule has 0 aliphatic heterocycles. The van der Waals surface area contributed by atoms with Crippen molar-refractivity contribution in [1.29, 1.82) is 0 Å². The molecule has 0 unspecified atom stereocenters. The quantitative estimate of drug-likeness (QED) is 0.835. The normalized spacial score (nSPS) is 11.6. The summed E-state index contributed by atoms with van der Waals surface area (Å²) in [7, 11) is -0.440. The minimum atomic E-state index is -3.42. The maximum absolute atomic E-state index is 12.0. The summed E-state index contributed by atoms with van der Waals surface area (Å²) in [6.45, 7) is 0.291. The van der Waals surface area contributed by atoms with E-state index in [1.165, 1.54) is 18.4 Å². The number of amides is 1. The number of thiophene rings is 1. The van der Waals surface area contributed by atoms with E-state index in [2.05, 4.69) is 21.2 Å². The van der Waals surface area contributed by atoms with Crippen molar-refractivity contribution in [1.82, 2.24) is 9.62 Å². The molecule has 22 heavy (non-hydrogen) atoms. The molecule has 5 nitrogen and oxygen atoms in total. The first-order valence-electron chi connectivity index (χ1n) is 6.35. The summed E-state index contributed by atoms with van der Waals surface area (Å²) < 4.78 is 26.2. The van der Waals surface area contributed by atoms with Crippen molar-refractivity contribution in [3.05, 3.63) is 51.3 Å². The molecule has 2 rings (SSSR count). The second-order valence-electron chi connectivity index (χ2n) is 4.70. The third-order valence-electron chi connectivity index (χ3n) is 2.88. The molecule has 8 heteroatoms. The van der Waals surface area contributed by atoms with E-state index in [1.807, 2.05) is 6.07 Å². The van der Waals surface area contributed by atoms with Crippen LogP contribution in [0, 0.1) is 0 Å². The largest absolute Gasteiger partial charge is 0.347 e. The second-order valence-corrected chi connectivity index (χ2v) is 9.16. The summed E-state index contributed by atoms with van der Waals surface area (Å²) in [6.07, 6.45) is 0. The lowest BCUT2D eigenvalue weighted by molar-refractivity contribution is 0.0951. The average Bonchev–Trinajstić information content (AvgIpc) is 2.94. The number of hydrogen-bond donors (Lipinski definition) is 1. The number of hydrogen-bond acceptors (Lipinski definition) is 4. The van der Waals surface area contributed by atoms with Crippen LogP contribution in [0.25, 0.3) is 0 Å². The van der Waals surface area contributed by atoms with Crippen LogP contribution in [0.1, 0.15) is 15.2 Å². The topological polar surface area (TPSA) is 66.5 Å². The molecular weight excluding hydrogens is 388 g/mol. The molecule has 0 fully saturated rings. The Hall–Kier alpha value is -1.22. The Morgan fingerprint density at radius 2 is 2.00 bits per heavy atom. The summed E-state index contributed by atoms with van der Waals surface area (Å²) >= 11 is 4.47. The molecule has 0 bridgehead atoms. The van der Waals surface area contributed by atoms with Crippen molar-refractivity contribution < 1.29 is 13.2 Å². The molecule has 118 valence electrons. The first kappa shape index (κ1) is 17.1. The lowest BCUT2D eigenvalue weighted by atomic mass is 10.2. The third kappa shape index (κ3) is 3.95. The third-order valence-corrected chi connectivity index (χ3v) is 6.74. The summed E-state index contributed by atoms with van der Waals surface area (Å²) in [5.41, 5.74) is 0.548. The van der Waals surface area contributed by atoms with Gasteiger partial charge in [0.25, 0.3) is 15.9 Å². The fourth-order valence-electron chi connectivity index (χ4n) is 1.67. The van der Waals surface area contributed by atoms with Crippen molar-refractivity contribution in [3.63, 3.8) is 0 Å². The van der Waals surface area contributed by atoms with Crippen molar-refractivity contribution in [3.8, 4) is 0 Å². The molecule has 0 saturated carbocycles. The first-order chi connectivity index (χ1) is 10.3. The lowest BCUT2D eigenvalue weighted by Gasteiger charge is -2.08. The van der Waals surface area contributed by atoms with Gasteiger partial charge in [0, 0.05) is 29.0 Å². The van der Waals surface area contributed by atoms with E-state index in [4.69, 9.17) is 0 Å². The second kappa shape index (κ2) is 6.91. The van der Waals surface area contributed by atoms with Crippen LogP contribution < -0.4 is 5.32 Å². The van der Waals surface area contributed by atoms with E-state index in [1.54, 1.807) is 30.3 Å². The number of carbonyl (C=O) groups is 1. The van der Waals surface area contributed by atoms with Crippen LogP contribution in [0.3, 0.4) is 0 Å². The number of nitrogens with zero attached hydrogens (tertiary/aromatic N) is 1. The van der Waals surface area contributed by atoms with Gasteiger partial charge in [-0.1, -0.05) is 22.0 Å². The van der Waals surface area contributed by atoms with Crippen LogP contribution in [0.2, 0.25) is 0 Å². The molecule has 1 heterocycles. The van der Waals surface area contributed by atoms with Crippen LogP contribution in [0.4, 0.5) is 0 Å². The Kier molecular flexibility index (Phi) is 5.38. The molecule has 1 aromatic heterocycles. The molecule has 0 saturated heterocycles. The Morgan fingerprint density at radius 1 is 1.27 bits per heavy atom. The number of rotatable bonds is 5. The van der Waals surface area contributed by atoms with Gasteiger partial charge in [-0.15, -0.1) is 11.3 Å². The molecule has 0 aliphatic carbocycles. The zero-order chi connectivity index (χ0) is 16.3. The molecule has 2 aromatic rings. The van der Waals surface area contributed by atoms with Gasteiger partial charge in [-0.2, -0.15) is 0 Å². The van der Waals surface area contributed by atoms with Gasteiger partial charge in [0.2, 0.25) is 0 Å². The van der Waals surface area contributed by atoms with Crippen LogP contribution in [0.15, 0.2) is 45.1 Å². The number of sulfonamides is 1. The van der Waals surface area contributed by atoms with E-state index < -0.39 is 10.0 Å². The van der Waals surface area contributed by atoms with Crippen molar-refractivity contribution in [2.24, 2.45) is 0 Å². The van der Waals surface area contributed by atoms with Gasteiger partial charge in [-0.3, -0.25) is 4.79 Å². The number of halogens is 1. The van der Waals surface area contributed by atoms with Crippen LogP contribution in [-0.4, -0.2) is 32.7 Å². The molecular formula is C14H15BrN2O3S2. The SMILES string of the molecule is CN(C)S(=O)(=O)c1ccc(CNC(=O)c2cccc(Br)c2)s1. The van der Waals surface area contributed by atoms with Gasteiger partial charge in [-0.05, 0) is 30.3 Å². The van der Waals surface area contributed by atoms with E-state index in [9.17, 15) is 13.2 Å². The molecule has 1 aromatic carbocycles. The highest BCUT2D eigenvalue weighted by Gasteiger charge is 2.19. The summed E-state index contributed by atoms with van der Waals surface area (Å²) in [5.74, 6) is -0.202. The maximum atomic E-state index is 12.0. The number of nitrogens with one attached hydrogen (secondary N) is 1. The fourth-order valence-corrected chi connectivity index (χ4v) is 4.53. The number of carbonyl (C=O) groups excluding carboxylic acids is 1. The molecule has 0 atom stereocenters. The molecule has 1 amide bonds. The summed E-state index contributed by atoms with van der Waals surface area (Å²) in [6, 6.07) is 10.3. The predicted octanol–water partition coefficient (Wildman–Crippen LogP) is 2.69. The van der Waals surface area contributed by atoms with Crippen molar-refractivity contribution >= 4 is 43.2 Å². The van der Waals surface area contributed by atoms with Crippen LogP contribution >= 0.6 is 27.3 Å². The van der Waals surface area contributed by atoms with Gasteiger partial charge < -0.3 is 5.32 Å². The molecule has 0 radical (unpaired) electrons. The van der Waals surface area contributed by atoms with Gasteiger partial charge in [0.1, 0.15) is 4.21 Å².